The number of carbonyl (C=O) groups excluding carboxylic acids is 2. The molecule has 3 aromatic rings. The highest BCUT2D eigenvalue weighted by Crippen LogP contribution is 2.36. The van der Waals surface area contributed by atoms with E-state index in [0.29, 0.717) is 22.8 Å². The van der Waals surface area contributed by atoms with Crippen molar-refractivity contribution in [3.8, 4) is 5.75 Å². The first-order chi connectivity index (χ1) is 14.6. The number of para-hydroxylation sites is 3. The van der Waals surface area contributed by atoms with E-state index in [9.17, 15) is 9.59 Å². The fraction of sp³-hybridized carbons (Fsp3) is 0.333. The highest BCUT2D eigenvalue weighted by molar-refractivity contribution is 6.09. The lowest BCUT2D eigenvalue weighted by Crippen LogP contribution is -2.52. The summed E-state index contributed by atoms with van der Waals surface area (Å²) in [6.45, 7) is 3.55. The van der Waals surface area contributed by atoms with Gasteiger partial charge in [-0.2, -0.15) is 0 Å². The minimum absolute atomic E-state index is 0.0525. The fourth-order valence-electron chi connectivity index (χ4n) is 4.37. The molecule has 6 heteroatoms. The van der Waals surface area contributed by atoms with Crippen LogP contribution in [0.25, 0.3) is 11.0 Å². The third-order valence-electron chi connectivity index (χ3n) is 6.00. The van der Waals surface area contributed by atoms with Gasteiger partial charge in [0.25, 0.3) is 11.8 Å². The van der Waals surface area contributed by atoms with Gasteiger partial charge in [-0.15, -0.1) is 0 Å². The molecule has 2 aromatic carbocycles. The molecule has 2 amide bonds. The summed E-state index contributed by atoms with van der Waals surface area (Å²) in [4.78, 5) is 30.1. The smallest absolute Gasteiger partial charge is 0.294 e. The molecule has 30 heavy (non-hydrogen) atoms. The summed E-state index contributed by atoms with van der Waals surface area (Å²) in [6, 6.07) is 15.0. The van der Waals surface area contributed by atoms with Crippen LogP contribution in [0.5, 0.6) is 5.75 Å². The van der Waals surface area contributed by atoms with Crippen LogP contribution in [0.1, 0.15) is 35.4 Å². The topological polar surface area (TPSA) is 63.0 Å². The summed E-state index contributed by atoms with van der Waals surface area (Å²) in [5.41, 5.74) is 2.14. The van der Waals surface area contributed by atoms with Crippen molar-refractivity contribution in [3.05, 3.63) is 59.9 Å². The standard InChI is InChI=1S/C24H24N2O4/c1-16-17-9-3-5-11-19(17)30-22(16)24(28)26-15-21(23(27)25-13-7-2-8-14-25)29-20-12-6-4-10-18(20)26/h3-6,9-12,21H,2,7-8,13-15H2,1H3/t21-/m0/s1. The minimum Gasteiger partial charge on any atom is -0.476 e. The van der Waals surface area contributed by atoms with E-state index in [1.54, 1.807) is 11.0 Å². The van der Waals surface area contributed by atoms with E-state index in [2.05, 4.69) is 0 Å². The van der Waals surface area contributed by atoms with Gasteiger partial charge in [0.05, 0.1) is 12.2 Å². The zero-order valence-electron chi connectivity index (χ0n) is 17.0. The third-order valence-corrected chi connectivity index (χ3v) is 6.00. The molecule has 5 rings (SSSR count). The van der Waals surface area contributed by atoms with Crippen molar-refractivity contribution >= 4 is 28.5 Å². The number of rotatable bonds is 2. The van der Waals surface area contributed by atoms with Crippen molar-refractivity contribution in [2.24, 2.45) is 0 Å². The molecule has 2 aliphatic rings. The molecule has 0 aliphatic carbocycles. The van der Waals surface area contributed by atoms with Crippen LogP contribution >= 0.6 is 0 Å². The molecule has 0 N–H and O–H groups in total. The number of piperidine rings is 1. The van der Waals surface area contributed by atoms with Crippen LogP contribution in [-0.2, 0) is 4.79 Å². The number of amides is 2. The molecule has 0 bridgehead atoms. The van der Waals surface area contributed by atoms with Gasteiger partial charge in [0.1, 0.15) is 11.3 Å². The Labute approximate surface area is 175 Å². The predicted molar refractivity (Wildman–Crippen MR) is 114 cm³/mol. The number of benzene rings is 2. The number of aryl methyl sites for hydroxylation is 1. The van der Waals surface area contributed by atoms with Crippen LogP contribution in [0.15, 0.2) is 52.9 Å². The lowest BCUT2D eigenvalue weighted by molar-refractivity contribution is -0.139. The second kappa shape index (κ2) is 7.52. The number of hydrogen-bond acceptors (Lipinski definition) is 4. The average molecular weight is 404 g/mol. The molecule has 1 atom stereocenters. The summed E-state index contributed by atoms with van der Waals surface area (Å²) in [5, 5.41) is 0.920. The molecule has 154 valence electrons. The Morgan fingerprint density at radius 1 is 0.967 bits per heavy atom. The van der Waals surface area contributed by atoms with Crippen LogP contribution in [0.2, 0.25) is 0 Å². The van der Waals surface area contributed by atoms with Gasteiger partial charge in [0, 0.05) is 24.0 Å². The van der Waals surface area contributed by atoms with Crippen LogP contribution in [0.4, 0.5) is 5.69 Å². The largest absolute Gasteiger partial charge is 0.476 e. The summed E-state index contributed by atoms with van der Waals surface area (Å²) < 4.78 is 12.0. The minimum atomic E-state index is -0.716. The Morgan fingerprint density at radius 2 is 1.70 bits per heavy atom. The second-order valence-electron chi connectivity index (χ2n) is 7.93. The summed E-state index contributed by atoms with van der Waals surface area (Å²) in [7, 11) is 0. The van der Waals surface area contributed by atoms with Crippen molar-refractivity contribution in [2.75, 3.05) is 24.5 Å². The molecule has 1 fully saturated rings. The van der Waals surface area contributed by atoms with Gasteiger partial charge < -0.3 is 14.1 Å². The van der Waals surface area contributed by atoms with E-state index >= 15 is 0 Å². The number of ether oxygens (including phenoxy) is 1. The first-order valence-corrected chi connectivity index (χ1v) is 10.5. The van der Waals surface area contributed by atoms with Gasteiger partial charge in [-0.3, -0.25) is 14.5 Å². The number of anilines is 1. The molecular weight excluding hydrogens is 380 g/mol. The highest BCUT2D eigenvalue weighted by Gasteiger charge is 2.38. The van der Waals surface area contributed by atoms with Crippen molar-refractivity contribution < 1.29 is 18.7 Å². The summed E-state index contributed by atoms with van der Waals surface area (Å²) >= 11 is 0. The lowest BCUT2D eigenvalue weighted by Gasteiger charge is -2.37. The first-order valence-electron chi connectivity index (χ1n) is 10.5. The molecule has 0 radical (unpaired) electrons. The predicted octanol–water partition coefficient (Wildman–Crippen LogP) is 4.16. The maximum atomic E-state index is 13.5. The zero-order chi connectivity index (χ0) is 20.7. The number of carbonyl (C=O) groups is 2. The van der Waals surface area contributed by atoms with E-state index in [-0.39, 0.29) is 18.4 Å². The monoisotopic (exact) mass is 404 g/mol. The molecule has 0 spiro atoms. The number of hydrogen-bond donors (Lipinski definition) is 0. The van der Waals surface area contributed by atoms with E-state index in [0.717, 1.165) is 43.3 Å². The van der Waals surface area contributed by atoms with E-state index in [1.165, 1.54) is 0 Å². The third kappa shape index (κ3) is 3.12. The van der Waals surface area contributed by atoms with Gasteiger partial charge in [0.2, 0.25) is 0 Å². The zero-order valence-corrected chi connectivity index (χ0v) is 17.0. The first kappa shape index (κ1) is 18.7. The molecular formula is C24H24N2O4. The number of furan rings is 1. The van der Waals surface area contributed by atoms with Crippen molar-refractivity contribution in [1.29, 1.82) is 0 Å². The van der Waals surface area contributed by atoms with Gasteiger partial charge in [-0.25, -0.2) is 0 Å². The number of nitrogens with zero attached hydrogens (tertiary/aromatic N) is 2. The maximum absolute atomic E-state index is 13.5. The summed E-state index contributed by atoms with van der Waals surface area (Å²) in [5.74, 6) is 0.539. The second-order valence-corrected chi connectivity index (χ2v) is 7.93. The van der Waals surface area contributed by atoms with Crippen LogP contribution in [0, 0.1) is 6.92 Å². The molecule has 2 aliphatic heterocycles. The Bertz CT molecular complexity index is 1110. The number of fused-ring (bicyclic) bond motifs is 2. The van der Waals surface area contributed by atoms with Gasteiger partial charge in [-0.05, 0) is 44.4 Å². The Hall–Kier alpha value is -3.28. The Kier molecular flexibility index (Phi) is 4.69. The molecule has 1 aromatic heterocycles. The summed E-state index contributed by atoms with van der Waals surface area (Å²) in [6.07, 6.45) is 2.45. The molecule has 6 nitrogen and oxygen atoms in total. The Balaban J connectivity index is 1.50. The van der Waals surface area contributed by atoms with Crippen molar-refractivity contribution in [1.82, 2.24) is 4.90 Å². The SMILES string of the molecule is Cc1c(C(=O)N2C[C@@H](C(=O)N3CCCCC3)Oc3ccccc32)oc2ccccc12. The molecule has 0 unspecified atom stereocenters. The van der Waals surface area contributed by atoms with Crippen LogP contribution in [0.3, 0.4) is 0 Å². The van der Waals surface area contributed by atoms with Gasteiger partial charge in [0.15, 0.2) is 11.9 Å². The van der Waals surface area contributed by atoms with Crippen LogP contribution in [-0.4, -0.2) is 42.5 Å². The van der Waals surface area contributed by atoms with Crippen molar-refractivity contribution in [3.63, 3.8) is 0 Å². The highest BCUT2D eigenvalue weighted by atomic mass is 16.5. The quantitative estimate of drug-likeness (QED) is 0.643. The molecule has 1 saturated heterocycles. The van der Waals surface area contributed by atoms with E-state index < -0.39 is 6.10 Å². The van der Waals surface area contributed by atoms with Crippen LogP contribution < -0.4 is 9.64 Å². The lowest BCUT2D eigenvalue weighted by atomic mass is 10.1. The molecule has 3 heterocycles. The normalized spacial score (nSPS) is 18.8. The fourth-order valence-corrected chi connectivity index (χ4v) is 4.37. The average Bonchev–Trinajstić information content (AvgIpc) is 3.14. The van der Waals surface area contributed by atoms with E-state index in [1.807, 2.05) is 54.3 Å². The van der Waals surface area contributed by atoms with Crippen molar-refractivity contribution in [2.45, 2.75) is 32.3 Å². The number of likely N-dealkylation sites (tertiary alicyclic amines) is 1. The molecule has 0 saturated carbocycles. The Morgan fingerprint density at radius 3 is 2.50 bits per heavy atom. The van der Waals surface area contributed by atoms with Gasteiger partial charge >= 0.3 is 0 Å². The van der Waals surface area contributed by atoms with E-state index in [4.69, 9.17) is 9.15 Å². The maximum Gasteiger partial charge on any atom is 0.294 e. The van der Waals surface area contributed by atoms with Gasteiger partial charge in [-0.1, -0.05) is 30.3 Å².